The lowest BCUT2D eigenvalue weighted by Crippen LogP contribution is -2.38. The molecule has 0 spiro atoms. The molecule has 13 heavy (non-hydrogen) atoms. The third-order valence-corrected chi connectivity index (χ3v) is 2.51. The van der Waals surface area contributed by atoms with Gasteiger partial charge in [-0.1, -0.05) is 13.8 Å². The minimum Gasteiger partial charge on any atom is -0.353 e. The van der Waals surface area contributed by atoms with Gasteiger partial charge in [0.2, 0.25) is 5.91 Å². The molecule has 1 amide bonds. The van der Waals surface area contributed by atoms with Crippen molar-refractivity contribution in [1.82, 2.24) is 5.32 Å². The fraction of sp³-hybridized carbons (Fsp3) is 0.889. The molecule has 2 atom stereocenters. The Morgan fingerprint density at radius 1 is 1.46 bits per heavy atom. The summed E-state index contributed by atoms with van der Waals surface area (Å²) in [5, 5.41) is 2.58. The van der Waals surface area contributed by atoms with Crippen molar-refractivity contribution in [2.75, 3.05) is 0 Å². The highest BCUT2D eigenvalue weighted by molar-refractivity contribution is 5.83. The Hall–Kier alpha value is -0.670. The Morgan fingerprint density at radius 2 is 1.92 bits per heavy atom. The molecule has 0 heterocycles. The average Bonchev–Trinajstić information content (AvgIpc) is 2.59. The second-order valence-electron chi connectivity index (χ2n) is 4.06. The van der Waals surface area contributed by atoms with Crippen LogP contribution >= 0.6 is 0 Å². The molecule has 1 saturated carbocycles. The van der Waals surface area contributed by atoms with Gasteiger partial charge in [0.1, 0.15) is 5.92 Å². The summed E-state index contributed by atoms with van der Waals surface area (Å²) < 4.78 is 24.9. The Morgan fingerprint density at radius 3 is 2.23 bits per heavy atom. The van der Waals surface area contributed by atoms with Gasteiger partial charge in [-0.05, 0) is 12.8 Å². The van der Waals surface area contributed by atoms with Gasteiger partial charge in [0.15, 0.2) is 0 Å². The number of halogens is 2. The topological polar surface area (TPSA) is 29.1 Å². The molecule has 0 aromatic carbocycles. The SMILES string of the molecule is CC(C)[C@@H](C)NC(=O)[C@@H]1CC1(F)F. The number of hydrogen-bond donors (Lipinski definition) is 1. The lowest BCUT2D eigenvalue weighted by molar-refractivity contribution is -0.125. The molecule has 0 aromatic rings. The number of carbonyl (C=O) groups excluding carboxylic acids is 1. The first-order chi connectivity index (χ1) is 5.84. The van der Waals surface area contributed by atoms with E-state index in [1.54, 1.807) is 0 Å². The molecule has 1 aliphatic carbocycles. The monoisotopic (exact) mass is 191 g/mol. The minimum absolute atomic E-state index is 0.0381. The van der Waals surface area contributed by atoms with Crippen molar-refractivity contribution >= 4 is 5.91 Å². The Balaban J connectivity index is 2.35. The Bertz CT molecular complexity index is 216. The summed E-state index contributed by atoms with van der Waals surface area (Å²) >= 11 is 0. The van der Waals surface area contributed by atoms with Crippen molar-refractivity contribution in [3.05, 3.63) is 0 Å². The van der Waals surface area contributed by atoms with Gasteiger partial charge in [-0.15, -0.1) is 0 Å². The molecule has 2 nitrogen and oxygen atoms in total. The third-order valence-electron chi connectivity index (χ3n) is 2.51. The predicted octanol–water partition coefficient (Wildman–Crippen LogP) is 1.80. The normalized spacial score (nSPS) is 27.1. The maximum Gasteiger partial charge on any atom is 0.260 e. The molecular formula is C9H15F2NO. The van der Waals surface area contributed by atoms with Crippen LogP contribution in [0.2, 0.25) is 0 Å². The standard InChI is InChI=1S/C9H15F2NO/c1-5(2)6(3)12-8(13)7-4-9(7,10)11/h5-7H,4H2,1-3H3,(H,12,13)/t6-,7+/m1/s1. The molecule has 1 N–H and O–H groups in total. The van der Waals surface area contributed by atoms with Gasteiger partial charge in [-0.2, -0.15) is 0 Å². The average molecular weight is 191 g/mol. The zero-order valence-electron chi connectivity index (χ0n) is 8.10. The van der Waals surface area contributed by atoms with Gasteiger partial charge < -0.3 is 5.32 Å². The summed E-state index contributed by atoms with van der Waals surface area (Å²) in [7, 11) is 0. The van der Waals surface area contributed by atoms with Gasteiger partial charge in [-0.25, -0.2) is 8.78 Å². The van der Waals surface area contributed by atoms with Crippen LogP contribution in [0.25, 0.3) is 0 Å². The van der Waals surface area contributed by atoms with Gasteiger partial charge in [-0.3, -0.25) is 4.79 Å². The van der Waals surface area contributed by atoms with Gasteiger partial charge in [0, 0.05) is 12.5 Å². The predicted molar refractivity (Wildman–Crippen MR) is 45.5 cm³/mol. The van der Waals surface area contributed by atoms with Crippen molar-refractivity contribution in [1.29, 1.82) is 0 Å². The molecule has 1 fully saturated rings. The lowest BCUT2D eigenvalue weighted by Gasteiger charge is -2.17. The molecule has 0 unspecified atom stereocenters. The smallest absolute Gasteiger partial charge is 0.260 e. The van der Waals surface area contributed by atoms with E-state index in [1.807, 2.05) is 20.8 Å². The molecule has 76 valence electrons. The summed E-state index contributed by atoms with van der Waals surface area (Å²) in [5.41, 5.74) is 0. The highest BCUT2D eigenvalue weighted by Crippen LogP contribution is 2.48. The van der Waals surface area contributed by atoms with E-state index in [4.69, 9.17) is 0 Å². The van der Waals surface area contributed by atoms with Crippen LogP contribution in [0, 0.1) is 11.8 Å². The van der Waals surface area contributed by atoms with E-state index in [-0.39, 0.29) is 18.4 Å². The molecule has 0 saturated heterocycles. The molecule has 0 aromatic heterocycles. The molecule has 0 radical (unpaired) electrons. The van der Waals surface area contributed by atoms with E-state index >= 15 is 0 Å². The van der Waals surface area contributed by atoms with Crippen molar-refractivity contribution in [2.24, 2.45) is 11.8 Å². The zero-order valence-corrected chi connectivity index (χ0v) is 8.10. The summed E-state index contributed by atoms with van der Waals surface area (Å²) in [4.78, 5) is 11.1. The summed E-state index contributed by atoms with van der Waals surface area (Å²) in [6.45, 7) is 5.70. The van der Waals surface area contributed by atoms with Crippen molar-refractivity contribution in [3.8, 4) is 0 Å². The number of rotatable bonds is 3. The number of hydrogen-bond acceptors (Lipinski definition) is 1. The summed E-state index contributed by atoms with van der Waals surface area (Å²) in [6, 6.07) is -0.0381. The zero-order chi connectivity index (χ0) is 10.2. The van der Waals surface area contributed by atoms with Crippen LogP contribution in [-0.2, 0) is 4.79 Å². The Labute approximate surface area is 76.7 Å². The van der Waals surface area contributed by atoms with E-state index in [0.29, 0.717) is 0 Å². The highest BCUT2D eigenvalue weighted by Gasteiger charge is 2.61. The third kappa shape index (κ3) is 2.39. The molecule has 0 aliphatic heterocycles. The van der Waals surface area contributed by atoms with E-state index < -0.39 is 17.7 Å². The van der Waals surface area contributed by atoms with E-state index in [2.05, 4.69) is 5.32 Å². The second kappa shape index (κ2) is 3.24. The second-order valence-corrected chi connectivity index (χ2v) is 4.06. The Kier molecular flexibility index (Phi) is 2.59. The number of carbonyl (C=O) groups is 1. The summed E-state index contributed by atoms with van der Waals surface area (Å²) in [5.74, 6) is -4.06. The van der Waals surface area contributed by atoms with Gasteiger partial charge >= 0.3 is 0 Å². The number of alkyl halides is 2. The first-order valence-electron chi connectivity index (χ1n) is 4.53. The van der Waals surface area contributed by atoms with Crippen LogP contribution < -0.4 is 5.32 Å². The number of nitrogens with one attached hydrogen (secondary N) is 1. The minimum atomic E-state index is -2.75. The summed E-state index contributed by atoms with van der Waals surface area (Å²) in [6.07, 6.45) is -0.288. The van der Waals surface area contributed by atoms with Crippen LogP contribution in [0.4, 0.5) is 8.78 Å². The quantitative estimate of drug-likeness (QED) is 0.724. The van der Waals surface area contributed by atoms with Crippen LogP contribution in [0.15, 0.2) is 0 Å². The molecular weight excluding hydrogens is 176 g/mol. The first kappa shape index (κ1) is 10.4. The van der Waals surface area contributed by atoms with Gasteiger partial charge in [0.25, 0.3) is 5.92 Å². The lowest BCUT2D eigenvalue weighted by atomic mass is 10.1. The fourth-order valence-electron chi connectivity index (χ4n) is 0.989. The molecule has 0 bridgehead atoms. The van der Waals surface area contributed by atoms with Crippen LogP contribution in [-0.4, -0.2) is 17.9 Å². The van der Waals surface area contributed by atoms with Crippen LogP contribution in [0.3, 0.4) is 0 Å². The van der Waals surface area contributed by atoms with Crippen molar-refractivity contribution < 1.29 is 13.6 Å². The molecule has 1 aliphatic rings. The maximum absolute atomic E-state index is 12.4. The first-order valence-corrected chi connectivity index (χ1v) is 4.53. The van der Waals surface area contributed by atoms with Crippen LogP contribution in [0.5, 0.6) is 0 Å². The van der Waals surface area contributed by atoms with Crippen molar-refractivity contribution in [3.63, 3.8) is 0 Å². The fourth-order valence-corrected chi connectivity index (χ4v) is 0.989. The maximum atomic E-state index is 12.4. The van der Waals surface area contributed by atoms with E-state index in [9.17, 15) is 13.6 Å². The largest absolute Gasteiger partial charge is 0.353 e. The number of amides is 1. The molecule has 1 rings (SSSR count). The van der Waals surface area contributed by atoms with E-state index in [1.165, 1.54) is 0 Å². The van der Waals surface area contributed by atoms with Crippen LogP contribution in [0.1, 0.15) is 27.2 Å². The highest BCUT2D eigenvalue weighted by atomic mass is 19.3. The van der Waals surface area contributed by atoms with E-state index in [0.717, 1.165) is 0 Å². The van der Waals surface area contributed by atoms with Crippen molar-refractivity contribution in [2.45, 2.75) is 39.2 Å². The van der Waals surface area contributed by atoms with Gasteiger partial charge in [0.05, 0.1) is 0 Å². The molecule has 4 heteroatoms.